The summed E-state index contributed by atoms with van der Waals surface area (Å²) >= 11 is 0. The van der Waals surface area contributed by atoms with E-state index < -0.39 is 0 Å². The minimum Gasteiger partial charge on any atom is -0.489 e. The number of benzene rings is 1. The molecule has 0 radical (unpaired) electrons. The van der Waals surface area contributed by atoms with Gasteiger partial charge in [-0.1, -0.05) is 6.07 Å². The number of nitrogens with one attached hydrogen (secondary N) is 2. The highest BCUT2D eigenvalue weighted by Gasteiger charge is 2.19. The molecule has 110 valence electrons. The van der Waals surface area contributed by atoms with Crippen molar-refractivity contribution in [3.05, 3.63) is 23.8 Å². The minimum atomic E-state index is -0.177. The first kappa shape index (κ1) is 14.6. The Hall–Kier alpha value is -1.79. The molecule has 0 aliphatic carbocycles. The van der Waals surface area contributed by atoms with Gasteiger partial charge in [-0.2, -0.15) is 0 Å². The Morgan fingerprint density at radius 2 is 2.35 bits per heavy atom. The molecule has 1 atom stereocenters. The molecule has 6 nitrogen and oxygen atoms in total. The molecule has 0 spiro atoms. The van der Waals surface area contributed by atoms with E-state index in [1.165, 1.54) is 0 Å². The summed E-state index contributed by atoms with van der Waals surface area (Å²) in [5, 5.41) is 6.04. The van der Waals surface area contributed by atoms with Crippen molar-refractivity contribution in [2.75, 3.05) is 45.8 Å². The Bertz CT molecular complexity index is 464. The third-order valence-corrected chi connectivity index (χ3v) is 3.10. The van der Waals surface area contributed by atoms with Gasteiger partial charge in [-0.25, -0.2) is 0 Å². The first-order valence-electron chi connectivity index (χ1n) is 6.56. The molecule has 0 saturated carbocycles. The van der Waals surface area contributed by atoms with Crippen LogP contribution in [0.4, 0.5) is 5.69 Å². The summed E-state index contributed by atoms with van der Waals surface area (Å²) in [6.45, 7) is 2.13. The van der Waals surface area contributed by atoms with Crippen molar-refractivity contribution in [2.24, 2.45) is 0 Å². The van der Waals surface area contributed by atoms with Crippen molar-refractivity contribution in [3.8, 4) is 5.75 Å². The number of carbonyl (C=O) groups is 1. The molecule has 0 aromatic heterocycles. The number of hydrogen-bond acceptors (Lipinski definition) is 5. The van der Waals surface area contributed by atoms with Crippen molar-refractivity contribution in [1.29, 1.82) is 0 Å². The second-order valence-electron chi connectivity index (χ2n) is 4.48. The molecule has 1 amide bonds. The van der Waals surface area contributed by atoms with Crippen LogP contribution in [0.25, 0.3) is 0 Å². The maximum atomic E-state index is 12.2. The van der Waals surface area contributed by atoms with Crippen LogP contribution in [0.15, 0.2) is 18.2 Å². The summed E-state index contributed by atoms with van der Waals surface area (Å²) in [6, 6.07) is 5.48. The molecule has 1 aromatic rings. The van der Waals surface area contributed by atoms with Gasteiger partial charge >= 0.3 is 0 Å². The molecule has 1 aromatic carbocycles. The molecular formula is C14H20N2O4. The van der Waals surface area contributed by atoms with E-state index in [9.17, 15) is 4.79 Å². The van der Waals surface area contributed by atoms with Gasteiger partial charge in [0.05, 0.1) is 24.0 Å². The van der Waals surface area contributed by atoms with Crippen LogP contribution in [0.2, 0.25) is 0 Å². The van der Waals surface area contributed by atoms with Gasteiger partial charge in [0.15, 0.2) is 5.75 Å². The zero-order chi connectivity index (χ0) is 14.4. The summed E-state index contributed by atoms with van der Waals surface area (Å²) in [5.74, 6) is 0.431. The highest BCUT2D eigenvalue weighted by Crippen LogP contribution is 2.30. The van der Waals surface area contributed by atoms with Crippen molar-refractivity contribution < 1.29 is 19.0 Å². The third kappa shape index (κ3) is 3.40. The molecule has 1 unspecified atom stereocenters. The van der Waals surface area contributed by atoms with E-state index in [1.54, 1.807) is 20.3 Å². The van der Waals surface area contributed by atoms with Crippen molar-refractivity contribution in [2.45, 2.75) is 6.10 Å². The van der Waals surface area contributed by atoms with Crippen LogP contribution in [0.5, 0.6) is 5.75 Å². The molecule has 1 aliphatic rings. The van der Waals surface area contributed by atoms with Gasteiger partial charge < -0.3 is 24.8 Å². The molecule has 2 rings (SSSR count). The fraction of sp³-hybridized carbons (Fsp3) is 0.500. The van der Waals surface area contributed by atoms with Crippen LogP contribution in [0.3, 0.4) is 0 Å². The summed E-state index contributed by atoms with van der Waals surface area (Å²) < 4.78 is 15.8. The lowest BCUT2D eigenvalue weighted by Crippen LogP contribution is -2.36. The van der Waals surface area contributed by atoms with Crippen molar-refractivity contribution in [1.82, 2.24) is 5.32 Å². The number of hydrogen-bond donors (Lipinski definition) is 2. The lowest BCUT2D eigenvalue weighted by atomic mass is 10.1. The van der Waals surface area contributed by atoms with Gasteiger partial charge in [0.1, 0.15) is 6.61 Å². The second-order valence-corrected chi connectivity index (χ2v) is 4.48. The second kappa shape index (κ2) is 7.12. The lowest BCUT2D eigenvalue weighted by molar-refractivity contribution is 0.0285. The number of ether oxygens (including phenoxy) is 3. The van der Waals surface area contributed by atoms with E-state index >= 15 is 0 Å². The maximum Gasteiger partial charge on any atom is 0.255 e. The zero-order valence-electron chi connectivity index (χ0n) is 11.8. The number of anilines is 1. The molecule has 0 fully saturated rings. The quantitative estimate of drug-likeness (QED) is 0.809. The van der Waals surface area contributed by atoms with Crippen LogP contribution in [-0.2, 0) is 9.47 Å². The van der Waals surface area contributed by atoms with Gasteiger partial charge in [0.2, 0.25) is 0 Å². The van der Waals surface area contributed by atoms with Gasteiger partial charge in [-0.15, -0.1) is 0 Å². The summed E-state index contributed by atoms with van der Waals surface area (Å²) in [6.07, 6.45) is -0.164. The van der Waals surface area contributed by atoms with Crippen molar-refractivity contribution >= 4 is 11.6 Å². The number of rotatable bonds is 6. The van der Waals surface area contributed by atoms with E-state index in [-0.39, 0.29) is 12.0 Å². The number of para-hydroxylation sites is 1. The van der Waals surface area contributed by atoms with E-state index in [4.69, 9.17) is 14.2 Å². The van der Waals surface area contributed by atoms with E-state index in [1.807, 2.05) is 12.1 Å². The molecule has 0 saturated heterocycles. The summed E-state index contributed by atoms with van der Waals surface area (Å²) in [5.41, 5.74) is 1.38. The number of amides is 1. The van der Waals surface area contributed by atoms with Crippen LogP contribution in [-0.4, -0.2) is 52.5 Å². The maximum absolute atomic E-state index is 12.2. The predicted octanol–water partition coefficient (Wildman–Crippen LogP) is 0.882. The van der Waals surface area contributed by atoms with Gasteiger partial charge in [0, 0.05) is 27.3 Å². The van der Waals surface area contributed by atoms with Gasteiger partial charge in [-0.05, 0) is 12.1 Å². The van der Waals surface area contributed by atoms with Gasteiger partial charge in [0.25, 0.3) is 5.91 Å². The minimum absolute atomic E-state index is 0.164. The molecule has 1 heterocycles. The number of carbonyl (C=O) groups excluding carboxylic acids is 1. The van der Waals surface area contributed by atoms with E-state index in [2.05, 4.69) is 10.6 Å². The van der Waals surface area contributed by atoms with Crippen LogP contribution >= 0.6 is 0 Å². The average molecular weight is 280 g/mol. The molecule has 6 heteroatoms. The van der Waals surface area contributed by atoms with Crippen LogP contribution in [0, 0.1) is 0 Å². The van der Waals surface area contributed by atoms with Crippen LogP contribution < -0.4 is 15.4 Å². The Morgan fingerprint density at radius 1 is 1.50 bits per heavy atom. The fourth-order valence-electron chi connectivity index (χ4n) is 2.05. The standard InChI is InChI=1S/C14H20N2O4/c1-18-9-10(19-2)8-16-14(17)11-4-3-5-12-13(11)20-7-6-15-12/h3-5,10,15H,6-9H2,1-2H3,(H,16,17). The highest BCUT2D eigenvalue weighted by atomic mass is 16.5. The molecule has 2 N–H and O–H groups in total. The monoisotopic (exact) mass is 280 g/mol. The Labute approximate surface area is 118 Å². The summed E-state index contributed by atoms with van der Waals surface area (Å²) in [4.78, 5) is 12.2. The predicted molar refractivity (Wildman–Crippen MR) is 75.4 cm³/mol. The smallest absolute Gasteiger partial charge is 0.255 e. The third-order valence-electron chi connectivity index (χ3n) is 3.10. The molecule has 1 aliphatic heterocycles. The topological polar surface area (TPSA) is 68.8 Å². The van der Waals surface area contributed by atoms with Crippen molar-refractivity contribution in [3.63, 3.8) is 0 Å². The SMILES string of the molecule is COCC(CNC(=O)c1cccc2c1OCCN2)OC. The largest absolute Gasteiger partial charge is 0.489 e. The Kier molecular flexibility index (Phi) is 5.20. The fourth-order valence-corrected chi connectivity index (χ4v) is 2.05. The summed E-state index contributed by atoms with van der Waals surface area (Å²) in [7, 11) is 3.19. The van der Waals surface area contributed by atoms with Gasteiger partial charge in [-0.3, -0.25) is 4.79 Å². The molecular weight excluding hydrogens is 260 g/mol. The first-order valence-corrected chi connectivity index (χ1v) is 6.56. The Balaban J connectivity index is 2.02. The normalized spacial score (nSPS) is 14.7. The molecule has 20 heavy (non-hydrogen) atoms. The van der Waals surface area contributed by atoms with Crippen LogP contribution in [0.1, 0.15) is 10.4 Å². The first-order chi connectivity index (χ1) is 9.76. The van der Waals surface area contributed by atoms with E-state index in [0.29, 0.717) is 31.1 Å². The van der Waals surface area contributed by atoms with E-state index in [0.717, 1.165) is 12.2 Å². The number of fused-ring (bicyclic) bond motifs is 1. The molecule has 0 bridgehead atoms. The highest BCUT2D eigenvalue weighted by molar-refractivity contribution is 5.99. The number of methoxy groups -OCH3 is 2. The average Bonchev–Trinajstić information content (AvgIpc) is 2.50. The Morgan fingerprint density at radius 3 is 3.10 bits per heavy atom. The lowest BCUT2D eigenvalue weighted by Gasteiger charge is -2.22. The zero-order valence-corrected chi connectivity index (χ0v) is 11.8.